The number of carbonyl (C=O) groups is 2. The van der Waals surface area contributed by atoms with Crippen molar-refractivity contribution in [3.8, 4) is 0 Å². The van der Waals surface area contributed by atoms with Crippen molar-refractivity contribution < 1.29 is 14.7 Å². The Kier molecular flexibility index (Phi) is 4.50. The predicted molar refractivity (Wildman–Crippen MR) is 74.5 cm³/mol. The summed E-state index contributed by atoms with van der Waals surface area (Å²) < 4.78 is 1.60. The number of rotatable bonds is 6. The summed E-state index contributed by atoms with van der Waals surface area (Å²) >= 11 is 0. The number of aromatic nitrogens is 3. The Morgan fingerprint density at radius 3 is 2.76 bits per heavy atom. The monoisotopic (exact) mass is 289 g/mol. The summed E-state index contributed by atoms with van der Waals surface area (Å²) in [6.07, 6.45) is 4.50. The number of hydrogen-bond donors (Lipinski definition) is 3. The van der Waals surface area contributed by atoms with Gasteiger partial charge >= 0.3 is 5.97 Å². The molecule has 0 bridgehead atoms. The summed E-state index contributed by atoms with van der Waals surface area (Å²) in [7, 11) is 0. The third kappa shape index (κ3) is 4.30. The van der Waals surface area contributed by atoms with Crippen LogP contribution in [0.2, 0.25) is 0 Å². The molecular formula is C13H15N5O3. The molecule has 0 fully saturated rings. The fourth-order valence-electron chi connectivity index (χ4n) is 1.68. The van der Waals surface area contributed by atoms with Crippen LogP contribution in [0.25, 0.3) is 0 Å². The van der Waals surface area contributed by atoms with Gasteiger partial charge in [0.05, 0.1) is 24.6 Å². The van der Waals surface area contributed by atoms with E-state index in [2.05, 4.69) is 15.3 Å². The molecule has 0 saturated carbocycles. The Bertz CT molecular complexity index is 636. The van der Waals surface area contributed by atoms with Crippen molar-refractivity contribution in [3.63, 3.8) is 0 Å². The average molecular weight is 289 g/mol. The zero-order valence-corrected chi connectivity index (χ0v) is 11.2. The van der Waals surface area contributed by atoms with Crippen molar-refractivity contribution in [2.45, 2.75) is 13.0 Å². The number of amides is 1. The number of aromatic carboxylic acids is 1. The highest BCUT2D eigenvalue weighted by molar-refractivity contribution is 5.84. The third-order valence-electron chi connectivity index (χ3n) is 2.73. The van der Waals surface area contributed by atoms with E-state index in [1.165, 1.54) is 18.7 Å². The summed E-state index contributed by atoms with van der Waals surface area (Å²) in [5.41, 5.74) is 6.68. The first kappa shape index (κ1) is 14.5. The minimum Gasteiger partial charge on any atom is -0.476 e. The summed E-state index contributed by atoms with van der Waals surface area (Å²) in [6.45, 7) is 0.824. The van der Waals surface area contributed by atoms with Gasteiger partial charge in [-0.3, -0.25) is 9.78 Å². The lowest BCUT2D eigenvalue weighted by molar-refractivity contribution is -0.120. The number of hydrogen-bond acceptors (Lipinski definition) is 5. The quantitative estimate of drug-likeness (QED) is 0.683. The van der Waals surface area contributed by atoms with Crippen molar-refractivity contribution in [1.29, 1.82) is 0 Å². The molecule has 2 aromatic rings. The fourth-order valence-corrected chi connectivity index (χ4v) is 1.68. The number of anilines is 1. The number of carbonyl (C=O) groups excluding carboxylic acids is 1. The van der Waals surface area contributed by atoms with Gasteiger partial charge in [-0.1, -0.05) is 0 Å². The molecule has 0 atom stereocenters. The molecule has 0 aliphatic carbocycles. The first-order valence-corrected chi connectivity index (χ1v) is 6.27. The van der Waals surface area contributed by atoms with E-state index in [-0.39, 0.29) is 18.0 Å². The van der Waals surface area contributed by atoms with Gasteiger partial charge in [0.25, 0.3) is 0 Å². The van der Waals surface area contributed by atoms with Crippen LogP contribution in [0.15, 0.2) is 30.9 Å². The SMILES string of the molecule is Nc1ccc(CC(=O)NCCn2cnc(C(=O)O)c2)nc1. The van der Waals surface area contributed by atoms with Crippen LogP contribution in [-0.4, -0.2) is 38.1 Å². The number of imidazole rings is 1. The molecule has 21 heavy (non-hydrogen) atoms. The number of nitrogens with two attached hydrogens (primary N) is 1. The van der Waals surface area contributed by atoms with E-state index in [1.807, 2.05) is 0 Å². The summed E-state index contributed by atoms with van der Waals surface area (Å²) in [4.78, 5) is 30.1. The van der Waals surface area contributed by atoms with Crippen LogP contribution in [-0.2, 0) is 17.8 Å². The highest BCUT2D eigenvalue weighted by Crippen LogP contribution is 2.01. The van der Waals surface area contributed by atoms with Gasteiger partial charge in [0, 0.05) is 25.0 Å². The average Bonchev–Trinajstić information content (AvgIpc) is 2.90. The second-order valence-electron chi connectivity index (χ2n) is 4.41. The maximum absolute atomic E-state index is 11.7. The lowest BCUT2D eigenvalue weighted by Gasteiger charge is -2.05. The standard InChI is InChI=1S/C13H15N5O3/c14-9-1-2-10(16-6-9)5-12(19)15-3-4-18-7-11(13(20)21)17-8-18/h1-2,6-8H,3-5,14H2,(H,15,19)(H,20,21). The molecule has 0 aromatic carbocycles. The van der Waals surface area contributed by atoms with E-state index < -0.39 is 5.97 Å². The smallest absolute Gasteiger partial charge is 0.356 e. The topological polar surface area (TPSA) is 123 Å². The van der Waals surface area contributed by atoms with Gasteiger partial charge in [0.15, 0.2) is 5.69 Å². The molecule has 4 N–H and O–H groups in total. The van der Waals surface area contributed by atoms with Crippen LogP contribution in [0, 0.1) is 0 Å². The Morgan fingerprint density at radius 2 is 2.14 bits per heavy atom. The molecule has 2 heterocycles. The van der Waals surface area contributed by atoms with Crippen molar-refractivity contribution in [2.24, 2.45) is 0 Å². The molecule has 0 spiro atoms. The van der Waals surface area contributed by atoms with Gasteiger partial charge in [0.1, 0.15) is 0 Å². The molecule has 0 aliphatic heterocycles. The number of carboxylic acid groups (broad SMARTS) is 1. The normalized spacial score (nSPS) is 10.3. The number of nitrogens with zero attached hydrogens (tertiary/aromatic N) is 3. The highest BCUT2D eigenvalue weighted by atomic mass is 16.4. The molecule has 0 unspecified atom stereocenters. The summed E-state index contributed by atoms with van der Waals surface area (Å²) in [6, 6.07) is 3.39. The molecule has 8 nitrogen and oxygen atoms in total. The molecule has 8 heteroatoms. The van der Waals surface area contributed by atoms with Crippen molar-refractivity contribution in [2.75, 3.05) is 12.3 Å². The first-order chi connectivity index (χ1) is 10.0. The predicted octanol–water partition coefficient (Wildman–Crippen LogP) is -0.0826. The second kappa shape index (κ2) is 6.51. The molecule has 0 saturated heterocycles. The molecule has 1 amide bonds. The fraction of sp³-hybridized carbons (Fsp3) is 0.231. The van der Waals surface area contributed by atoms with Gasteiger partial charge in [0.2, 0.25) is 5.91 Å². The molecular weight excluding hydrogens is 274 g/mol. The van der Waals surface area contributed by atoms with E-state index in [1.54, 1.807) is 16.7 Å². The zero-order valence-electron chi connectivity index (χ0n) is 11.2. The maximum atomic E-state index is 11.7. The van der Waals surface area contributed by atoms with Gasteiger partial charge in [-0.15, -0.1) is 0 Å². The maximum Gasteiger partial charge on any atom is 0.356 e. The molecule has 0 aliphatic rings. The summed E-state index contributed by atoms with van der Waals surface area (Å²) in [5.74, 6) is -1.24. The minimum absolute atomic E-state index is 0.0209. The zero-order chi connectivity index (χ0) is 15.2. The van der Waals surface area contributed by atoms with E-state index in [4.69, 9.17) is 10.8 Å². The lowest BCUT2D eigenvalue weighted by atomic mass is 10.2. The third-order valence-corrected chi connectivity index (χ3v) is 2.73. The lowest BCUT2D eigenvalue weighted by Crippen LogP contribution is -2.28. The van der Waals surface area contributed by atoms with Crippen LogP contribution in [0.1, 0.15) is 16.2 Å². The number of nitrogen functional groups attached to an aromatic ring is 1. The molecule has 2 rings (SSSR count). The van der Waals surface area contributed by atoms with Gasteiger partial charge in [-0.05, 0) is 12.1 Å². The first-order valence-electron chi connectivity index (χ1n) is 6.27. The number of carboxylic acids is 1. The Morgan fingerprint density at radius 1 is 1.33 bits per heavy atom. The van der Waals surface area contributed by atoms with Crippen LogP contribution in [0.4, 0.5) is 5.69 Å². The molecule has 0 radical (unpaired) electrons. The van der Waals surface area contributed by atoms with Gasteiger partial charge in [-0.2, -0.15) is 0 Å². The number of pyridine rings is 1. The Hall–Kier alpha value is -2.90. The Balaban J connectivity index is 1.76. The van der Waals surface area contributed by atoms with Crippen molar-refractivity contribution in [1.82, 2.24) is 19.9 Å². The van der Waals surface area contributed by atoms with E-state index in [0.29, 0.717) is 24.5 Å². The van der Waals surface area contributed by atoms with Crippen LogP contribution in [0.3, 0.4) is 0 Å². The van der Waals surface area contributed by atoms with Crippen LogP contribution in [0.5, 0.6) is 0 Å². The van der Waals surface area contributed by atoms with Crippen LogP contribution < -0.4 is 11.1 Å². The van der Waals surface area contributed by atoms with E-state index in [0.717, 1.165) is 0 Å². The van der Waals surface area contributed by atoms with E-state index in [9.17, 15) is 9.59 Å². The highest BCUT2D eigenvalue weighted by Gasteiger charge is 2.07. The van der Waals surface area contributed by atoms with Crippen molar-refractivity contribution >= 4 is 17.6 Å². The van der Waals surface area contributed by atoms with Gasteiger partial charge in [-0.25, -0.2) is 9.78 Å². The largest absolute Gasteiger partial charge is 0.476 e. The van der Waals surface area contributed by atoms with Gasteiger partial charge < -0.3 is 20.7 Å². The minimum atomic E-state index is -1.08. The van der Waals surface area contributed by atoms with E-state index >= 15 is 0 Å². The van der Waals surface area contributed by atoms with Crippen LogP contribution >= 0.6 is 0 Å². The van der Waals surface area contributed by atoms with Crippen molar-refractivity contribution in [3.05, 3.63) is 42.2 Å². The number of nitrogens with one attached hydrogen (secondary N) is 1. The Labute approximate surface area is 120 Å². The molecule has 2 aromatic heterocycles. The second-order valence-corrected chi connectivity index (χ2v) is 4.41. The summed E-state index contributed by atoms with van der Waals surface area (Å²) in [5, 5.41) is 11.5. The molecule has 110 valence electrons.